The molecule has 0 aliphatic heterocycles. The highest BCUT2D eigenvalue weighted by atomic mass is 16.5. The Morgan fingerprint density at radius 1 is 0.900 bits per heavy atom. The lowest BCUT2D eigenvalue weighted by Crippen LogP contribution is -2.21. The summed E-state index contributed by atoms with van der Waals surface area (Å²) >= 11 is 0. The molecule has 0 atom stereocenters. The molecule has 0 fully saturated rings. The molecule has 30 heavy (non-hydrogen) atoms. The minimum absolute atomic E-state index is 0.130. The number of aromatic amines is 1. The van der Waals surface area contributed by atoms with E-state index in [0.29, 0.717) is 47.0 Å². The van der Waals surface area contributed by atoms with Gasteiger partial charge in [0.15, 0.2) is 23.0 Å². The maximum atomic E-state index is 13.0. The molecule has 0 aliphatic rings. The Morgan fingerprint density at radius 2 is 1.57 bits per heavy atom. The van der Waals surface area contributed by atoms with Crippen LogP contribution in [0.25, 0.3) is 21.9 Å². The van der Waals surface area contributed by atoms with E-state index < -0.39 is 0 Å². The van der Waals surface area contributed by atoms with Crippen molar-refractivity contribution in [1.82, 2.24) is 14.5 Å². The van der Waals surface area contributed by atoms with Gasteiger partial charge in [-0.2, -0.15) is 0 Å². The number of ether oxygens (including phenoxy) is 4. The molecule has 2 aromatic carbocycles. The fraction of sp³-hybridized carbons (Fsp3) is 0.273. The zero-order chi connectivity index (χ0) is 21.3. The molecule has 0 spiro atoms. The lowest BCUT2D eigenvalue weighted by atomic mass is 10.1. The average molecular weight is 409 g/mol. The third kappa shape index (κ3) is 3.30. The quantitative estimate of drug-likeness (QED) is 0.505. The van der Waals surface area contributed by atoms with Crippen LogP contribution in [0.15, 0.2) is 41.5 Å². The van der Waals surface area contributed by atoms with Crippen LogP contribution in [0.2, 0.25) is 0 Å². The van der Waals surface area contributed by atoms with Crippen molar-refractivity contribution in [2.24, 2.45) is 0 Å². The second-order valence-electron chi connectivity index (χ2n) is 6.78. The molecule has 0 radical (unpaired) electrons. The molecule has 4 rings (SSSR count). The molecule has 2 aromatic heterocycles. The van der Waals surface area contributed by atoms with Crippen LogP contribution in [-0.2, 0) is 13.0 Å². The summed E-state index contributed by atoms with van der Waals surface area (Å²) in [7, 11) is 6.35. The smallest absolute Gasteiger partial charge is 0.277 e. The van der Waals surface area contributed by atoms with E-state index in [0.717, 1.165) is 16.5 Å². The van der Waals surface area contributed by atoms with Crippen LogP contribution in [0.1, 0.15) is 5.56 Å². The first-order chi connectivity index (χ1) is 14.6. The Morgan fingerprint density at radius 3 is 2.27 bits per heavy atom. The van der Waals surface area contributed by atoms with Crippen LogP contribution in [0, 0.1) is 0 Å². The summed E-state index contributed by atoms with van der Waals surface area (Å²) in [6, 6.07) is 9.37. The second-order valence-corrected chi connectivity index (χ2v) is 6.78. The van der Waals surface area contributed by atoms with Gasteiger partial charge in [0.25, 0.3) is 5.56 Å². The molecule has 4 aromatic rings. The van der Waals surface area contributed by atoms with E-state index in [1.165, 1.54) is 0 Å². The molecule has 1 N–H and O–H groups in total. The van der Waals surface area contributed by atoms with Gasteiger partial charge in [-0.05, 0) is 30.2 Å². The predicted octanol–water partition coefficient (Wildman–Crippen LogP) is 3.15. The maximum absolute atomic E-state index is 13.0. The van der Waals surface area contributed by atoms with Gasteiger partial charge < -0.3 is 23.9 Å². The van der Waals surface area contributed by atoms with Gasteiger partial charge in [-0.1, -0.05) is 6.07 Å². The normalized spacial score (nSPS) is 11.1. The lowest BCUT2D eigenvalue weighted by molar-refractivity contribution is 0.354. The van der Waals surface area contributed by atoms with Crippen molar-refractivity contribution in [3.05, 3.63) is 52.6 Å². The summed E-state index contributed by atoms with van der Waals surface area (Å²) in [5, 5.41) is 0.812. The molecular formula is C22H23N3O5. The van der Waals surface area contributed by atoms with Crippen molar-refractivity contribution in [1.29, 1.82) is 0 Å². The fourth-order valence-corrected chi connectivity index (χ4v) is 3.56. The van der Waals surface area contributed by atoms with Gasteiger partial charge in [0.2, 0.25) is 0 Å². The van der Waals surface area contributed by atoms with E-state index in [1.54, 1.807) is 39.3 Å². The highest BCUT2D eigenvalue weighted by Crippen LogP contribution is 2.34. The van der Waals surface area contributed by atoms with Gasteiger partial charge in [-0.15, -0.1) is 0 Å². The number of benzene rings is 2. The summed E-state index contributed by atoms with van der Waals surface area (Å²) in [5.74, 6) is 2.51. The van der Waals surface area contributed by atoms with Gasteiger partial charge in [0.1, 0.15) is 11.0 Å². The molecule has 0 saturated carbocycles. The number of hydrogen-bond acceptors (Lipinski definition) is 6. The predicted molar refractivity (Wildman–Crippen MR) is 114 cm³/mol. The van der Waals surface area contributed by atoms with Crippen molar-refractivity contribution < 1.29 is 18.9 Å². The van der Waals surface area contributed by atoms with E-state index in [4.69, 9.17) is 18.9 Å². The largest absolute Gasteiger partial charge is 0.493 e. The highest BCUT2D eigenvalue weighted by Gasteiger charge is 2.15. The summed E-state index contributed by atoms with van der Waals surface area (Å²) in [5.41, 5.74) is 2.73. The Hall–Kier alpha value is -3.68. The number of nitrogens with zero attached hydrogens (tertiary/aromatic N) is 2. The summed E-state index contributed by atoms with van der Waals surface area (Å²) in [6.45, 7) is 0.485. The highest BCUT2D eigenvalue weighted by molar-refractivity contribution is 6.05. The van der Waals surface area contributed by atoms with Crippen LogP contribution in [-0.4, -0.2) is 43.0 Å². The number of aryl methyl sites for hydroxylation is 2. The standard InChI is InChI=1S/C22H23N3O5/c1-27-16-6-5-13(9-17(16)28-2)7-8-25-12-23-20-14-10-18(29-3)19(30-4)11-15(14)24-21(20)22(25)26/h5-6,9-12,24H,7-8H2,1-4H3. The molecule has 156 valence electrons. The summed E-state index contributed by atoms with van der Waals surface area (Å²) in [4.78, 5) is 20.7. The van der Waals surface area contributed by atoms with Crippen LogP contribution in [0.4, 0.5) is 0 Å². The summed E-state index contributed by atoms with van der Waals surface area (Å²) < 4.78 is 22.9. The molecule has 8 heteroatoms. The van der Waals surface area contributed by atoms with Crippen LogP contribution in [0.3, 0.4) is 0 Å². The molecule has 0 amide bonds. The monoisotopic (exact) mass is 409 g/mol. The molecule has 2 heterocycles. The first kappa shape index (κ1) is 19.6. The first-order valence-electron chi connectivity index (χ1n) is 9.43. The lowest BCUT2D eigenvalue weighted by Gasteiger charge is -2.10. The number of methoxy groups -OCH3 is 4. The molecule has 8 nitrogen and oxygen atoms in total. The van der Waals surface area contributed by atoms with E-state index in [1.807, 2.05) is 30.3 Å². The second kappa shape index (κ2) is 7.98. The van der Waals surface area contributed by atoms with Gasteiger partial charge in [0.05, 0.1) is 40.3 Å². The third-order valence-electron chi connectivity index (χ3n) is 5.17. The maximum Gasteiger partial charge on any atom is 0.277 e. The molecule has 0 aliphatic carbocycles. The number of nitrogens with one attached hydrogen (secondary N) is 1. The third-order valence-corrected chi connectivity index (χ3v) is 5.17. The van der Waals surface area contributed by atoms with E-state index in [2.05, 4.69) is 9.97 Å². The van der Waals surface area contributed by atoms with Crippen molar-refractivity contribution in [3.8, 4) is 23.0 Å². The number of fused-ring (bicyclic) bond motifs is 3. The van der Waals surface area contributed by atoms with Gasteiger partial charge in [-0.25, -0.2) is 4.98 Å². The van der Waals surface area contributed by atoms with Gasteiger partial charge in [-0.3, -0.25) is 9.36 Å². The van der Waals surface area contributed by atoms with Gasteiger partial charge in [0, 0.05) is 18.0 Å². The van der Waals surface area contributed by atoms with E-state index in [9.17, 15) is 4.79 Å². The molecule has 0 bridgehead atoms. The van der Waals surface area contributed by atoms with Crippen molar-refractivity contribution in [2.45, 2.75) is 13.0 Å². The average Bonchev–Trinajstić information content (AvgIpc) is 3.15. The molecular weight excluding hydrogens is 386 g/mol. The summed E-state index contributed by atoms with van der Waals surface area (Å²) in [6.07, 6.45) is 2.23. The zero-order valence-electron chi connectivity index (χ0n) is 17.3. The molecule has 0 unspecified atom stereocenters. The Kier molecular flexibility index (Phi) is 5.22. The SMILES string of the molecule is COc1ccc(CCn2cnc3c([nH]c4cc(OC)c(OC)cc43)c2=O)cc1OC. The minimum Gasteiger partial charge on any atom is -0.493 e. The van der Waals surface area contributed by atoms with Crippen LogP contribution < -0.4 is 24.5 Å². The van der Waals surface area contributed by atoms with Gasteiger partial charge >= 0.3 is 0 Å². The van der Waals surface area contributed by atoms with E-state index in [-0.39, 0.29) is 5.56 Å². The van der Waals surface area contributed by atoms with Crippen molar-refractivity contribution in [2.75, 3.05) is 28.4 Å². The molecule has 0 saturated heterocycles. The fourth-order valence-electron chi connectivity index (χ4n) is 3.56. The van der Waals surface area contributed by atoms with Crippen molar-refractivity contribution >= 4 is 21.9 Å². The number of rotatable bonds is 7. The van der Waals surface area contributed by atoms with Crippen LogP contribution >= 0.6 is 0 Å². The van der Waals surface area contributed by atoms with E-state index >= 15 is 0 Å². The number of hydrogen-bond donors (Lipinski definition) is 1. The number of H-pyrrole nitrogens is 1. The number of aromatic nitrogens is 3. The Labute approximate surface area is 173 Å². The zero-order valence-corrected chi connectivity index (χ0v) is 17.3. The first-order valence-corrected chi connectivity index (χ1v) is 9.43. The van der Waals surface area contributed by atoms with Crippen LogP contribution in [0.5, 0.6) is 23.0 Å². The van der Waals surface area contributed by atoms with Crippen molar-refractivity contribution in [3.63, 3.8) is 0 Å². The minimum atomic E-state index is -0.130. The Bertz CT molecular complexity index is 1280. The topological polar surface area (TPSA) is 87.6 Å². The Balaban J connectivity index is 1.68.